The Balaban J connectivity index is 1.71. The molecule has 6 rings (SSSR count). The maximum atomic E-state index is 14.6. The SMILES string of the molecule is CNC(=O)c1cc(C(=O)NN)cc(-c2nc(-c3ccc(C(C)O)cc3)c(-c3ccc(C4CO4)cc3)n2S(=O)(=O)c2ccccc2)c1. The van der Waals surface area contributed by atoms with E-state index in [0.717, 1.165) is 9.54 Å². The van der Waals surface area contributed by atoms with Gasteiger partial charge < -0.3 is 15.2 Å². The molecule has 0 bridgehead atoms. The van der Waals surface area contributed by atoms with Crippen molar-refractivity contribution in [2.45, 2.75) is 24.0 Å². The summed E-state index contributed by atoms with van der Waals surface area (Å²) >= 11 is 0. The van der Waals surface area contributed by atoms with Gasteiger partial charge in [-0.3, -0.25) is 15.0 Å². The molecule has 11 nitrogen and oxygen atoms in total. The Morgan fingerprint density at radius 1 is 0.913 bits per heavy atom. The molecule has 2 heterocycles. The number of nitrogen functional groups attached to an aromatic ring is 1. The lowest BCUT2D eigenvalue weighted by Gasteiger charge is -2.15. The lowest BCUT2D eigenvalue weighted by Crippen LogP contribution is -2.30. The molecule has 5 aromatic rings. The highest BCUT2D eigenvalue weighted by atomic mass is 32.2. The number of hydrogen-bond donors (Lipinski definition) is 4. The first-order valence-electron chi connectivity index (χ1n) is 14.4. The third kappa shape index (κ3) is 5.82. The van der Waals surface area contributed by atoms with Crippen LogP contribution in [0.1, 0.15) is 51.0 Å². The first-order valence-corrected chi connectivity index (χ1v) is 15.9. The Morgan fingerprint density at radius 2 is 1.52 bits per heavy atom. The van der Waals surface area contributed by atoms with Gasteiger partial charge in [0, 0.05) is 34.9 Å². The summed E-state index contributed by atoms with van der Waals surface area (Å²) in [5.74, 6) is 4.23. The molecule has 5 N–H and O–H groups in total. The quantitative estimate of drug-likeness (QED) is 0.0807. The largest absolute Gasteiger partial charge is 0.389 e. The van der Waals surface area contributed by atoms with Crippen molar-refractivity contribution in [2.75, 3.05) is 13.7 Å². The molecular weight excluding hydrogens is 606 g/mol. The van der Waals surface area contributed by atoms with Gasteiger partial charge in [0.25, 0.3) is 21.8 Å². The van der Waals surface area contributed by atoms with Crippen LogP contribution in [-0.4, -0.2) is 47.9 Å². The lowest BCUT2D eigenvalue weighted by atomic mass is 10.0. The van der Waals surface area contributed by atoms with Gasteiger partial charge in [-0.05, 0) is 48.4 Å². The smallest absolute Gasteiger partial charge is 0.270 e. The van der Waals surface area contributed by atoms with Crippen LogP contribution >= 0.6 is 0 Å². The number of carbonyl (C=O) groups excluding carboxylic acids is 2. The summed E-state index contributed by atoms with van der Waals surface area (Å²) in [5.41, 5.74) is 5.76. The fourth-order valence-electron chi connectivity index (χ4n) is 5.24. The molecule has 1 aliphatic rings. The second-order valence-corrected chi connectivity index (χ2v) is 12.6. The molecule has 1 aromatic heterocycles. The number of carbonyl (C=O) groups is 2. The Hall–Kier alpha value is -5.14. The van der Waals surface area contributed by atoms with Crippen LogP contribution in [0.5, 0.6) is 0 Å². The highest BCUT2D eigenvalue weighted by molar-refractivity contribution is 7.90. The van der Waals surface area contributed by atoms with E-state index in [-0.39, 0.29) is 39.2 Å². The summed E-state index contributed by atoms with van der Waals surface area (Å²) in [6.07, 6.45) is -0.716. The summed E-state index contributed by atoms with van der Waals surface area (Å²) in [4.78, 5) is 30.4. The predicted molar refractivity (Wildman–Crippen MR) is 172 cm³/mol. The number of epoxide rings is 1. The molecule has 2 amide bonds. The number of benzene rings is 4. The summed E-state index contributed by atoms with van der Waals surface area (Å²) in [5, 5.41) is 12.7. The fraction of sp³-hybridized carbons (Fsp3) is 0.147. The number of aliphatic hydroxyl groups is 1. The van der Waals surface area contributed by atoms with Crippen LogP contribution in [0.2, 0.25) is 0 Å². The third-order valence-electron chi connectivity index (χ3n) is 7.75. The molecule has 1 saturated heterocycles. The molecule has 1 fully saturated rings. The maximum absolute atomic E-state index is 14.6. The van der Waals surface area contributed by atoms with Gasteiger partial charge in [0.1, 0.15) is 6.10 Å². The van der Waals surface area contributed by atoms with Crippen molar-refractivity contribution < 1.29 is 27.9 Å². The van der Waals surface area contributed by atoms with E-state index in [4.69, 9.17) is 15.6 Å². The number of rotatable bonds is 9. The molecule has 234 valence electrons. The molecular formula is C34H31N5O6S. The van der Waals surface area contributed by atoms with Crippen LogP contribution in [0.15, 0.2) is 102 Å². The van der Waals surface area contributed by atoms with Gasteiger partial charge in [0.05, 0.1) is 29.0 Å². The average molecular weight is 638 g/mol. The minimum absolute atomic E-state index is 0.00498. The van der Waals surface area contributed by atoms with E-state index < -0.39 is 27.9 Å². The van der Waals surface area contributed by atoms with Crippen LogP contribution in [0.4, 0.5) is 0 Å². The Bertz CT molecular complexity index is 2000. The minimum Gasteiger partial charge on any atom is -0.389 e. The first kappa shape index (κ1) is 30.9. The zero-order valence-electron chi connectivity index (χ0n) is 25.0. The number of nitrogens with one attached hydrogen (secondary N) is 2. The van der Waals surface area contributed by atoms with Gasteiger partial charge in [-0.1, -0.05) is 66.7 Å². The number of aliphatic hydroxyl groups excluding tert-OH is 1. The number of ether oxygens (including phenoxy) is 1. The van der Waals surface area contributed by atoms with Crippen LogP contribution in [-0.2, 0) is 14.8 Å². The number of nitrogens with two attached hydrogens (primary N) is 1. The Labute approximate surface area is 265 Å². The first-order chi connectivity index (χ1) is 22.1. The topological polar surface area (TPSA) is 169 Å². The lowest BCUT2D eigenvalue weighted by molar-refractivity contribution is 0.0953. The highest BCUT2D eigenvalue weighted by Gasteiger charge is 2.32. The van der Waals surface area contributed by atoms with Gasteiger partial charge in [-0.2, -0.15) is 0 Å². The molecule has 46 heavy (non-hydrogen) atoms. The Kier molecular flexibility index (Phi) is 8.28. The summed E-state index contributed by atoms with van der Waals surface area (Å²) in [6, 6.07) is 26.6. The van der Waals surface area contributed by atoms with Gasteiger partial charge in [0.2, 0.25) is 0 Å². The van der Waals surface area contributed by atoms with E-state index in [9.17, 15) is 23.1 Å². The van der Waals surface area contributed by atoms with Crippen molar-refractivity contribution in [1.29, 1.82) is 0 Å². The molecule has 0 radical (unpaired) electrons. The number of aromatic nitrogens is 2. The van der Waals surface area contributed by atoms with Crippen molar-refractivity contribution in [2.24, 2.45) is 5.84 Å². The summed E-state index contributed by atoms with van der Waals surface area (Å²) < 4.78 is 35.9. The molecule has 1 aliphatic heterocycles. The van der Waals surface area contributed by atoms with Gasteiger partial charge in [0.15, 0.2) is 5.82 Å². The molecule has 0 saturated carbocycles. The van der Waals surface area contributed by atoms with Crippen LogP contribution in [0.25, 0.3) is 33.9 Å². The maximum Gasteiger partial charge on any atom is 0.270 e. The minimum atomic E-state index is -4.33. The number of hydrazine groups is 1. The molecule has 2 unspecified atom stereocenters. The van der Waals surface area contributed by atoms with Gasteiger partial charge in [-0.25, -0.2) is 23.2 Å². The van der Waals surface area contributed by atoms with E-state index in [1.54, 1.807) is 49.4 Å². The van der Waals surface area contributed by atoms with E-state index in [0.29, 0.717) is 29.0 Å². The predicted octanol–water partition coefficient (Wildman–Crippen LogP) is 4.21. The molecule has 12 heteroatoms. The van der Waals surface area contributed by atoms with Crippen molar-refractivity contribution in [1.82, 2.24) is 19.7 Å². The van der Waals surface area contributed by atoms with Gasteiger partial charge in [-0.15, -0.1) is 0 Å². The second-order valence-electron chi connectivity index (χ2n) is 10.8. The number of nitrogens with zero attached hydrogens (tertiary/aromatic N) is 2. The van der Waals surface area contributed by atoms with Gasteiger partial charge >= 0.3 is 0 Å². The number of hydrogen-bond acceptors (Lipinski definition) is 8. The standard InChI is InChI=1S/C34H31N5O6S/c1-20(40)21-8-12-23(13-9-21)30-31(24-14-10-22(11-15-24)29-19-45-29)39(46(43,44)28-6-4-3-5-7-28)32(37-30)25-16-26(33(41)36-2)18-27(17-25)34(42)38-35/h3-18,20,29,40H,19,35H2,1-2H3,(H,36,41)(H,38,42). The number of amides is 2. The van der Waals surface area contributed by atoms with Crippen LogP contribution < -0.4 is 16.6 Å². The van der Waals surface area contributed by atoms with E-state index in [2.05, 4.69) is 10.7 Å². The zero-order valence-corrected chi connectivity index (χ0v) is 25.8. The van der Waals surface area contributed by atoms with Crippen molar-refractivity contribution in [3.05, 3.63) is 119 Å². The summed E-state index contributed by atoms with van der Waals surface area (Å²) in [6.45, 7) is 2.27. The van der Waals surface area contributed by atoms with Crippen molar-refractivity contribution in [3.8, 4) is 33.9 Å². The molecule has 2 atom stereocenters. The third-order valence-corrected chi connectivity index (χ3v) is 9.45. The van der Waals surface area contributed by atoms with E-state index in [1.165, 1.54) is 37.4 Å². The number of imidazole rings is 1. The fourth-order valence-corrected chi connectivity index (χ4v) is 6.76. The molecule has 0 spiro atoms. The normalized spacial score (nSPS) is 14.8. The van der Waals surface area contributed by atoms with E-state index >= 15 is 0 Å². The molecule has 4 aromatic carbocycles. The highest BCUT2D eigenvalue weighted by Crippen LogP contribution is 2.40. The average Bonchev–Trinajstić information content (AvgIpc) is 3.86. The monoisotopic (exact) mass is 637 g/mol. The van der Waals surface area contributed by atoms with E-state index in [1.807, 2.05) is 24.3 Å². The Morgan fingerprint density at radius 3 is 2.09 bits per heavy atom. The van der Waals surface area contributed by atoms with Crippen molar-refractivity contribution in [3.63, 3.8) is 0 Å². The van der Waals surface area contributed by atoms with Crippen LogP contribution in [0.3, 0.4) is 0 Å². The molecule has 0 aliphatic carbocycles. The zero-order chi connectivity index (χ0) is 32.6. The summed E-state index contributed by atoms with van der Waals surface area (Å²) in [7, 11) is -2.89. The van der Waals surface area contributed by atoms with Crippen molar-refractivity contribution >= 4 is 21.8 Å². The van der Waals surface area contributed by atoms with Crippen LogP contribution in [0, 0.1) is 0 Å². The second kappa shape index (κ2) is 12.3.